The van der Waals surface area contributed by atoms with Crippen molar-refractivity contribution in [1.82, 2.24) is 20.1 Å². The van der Waals surface area contributed by atoms with Crippen LogP contribution in [-0.4, -0.2) is 45.7 Å². The number of amides is 2. The zero-order valence-electron chi connectivity index (χ0n) is 17.5. The Balaban J connectivity index is 1.29. The molecule has 2 N–H and O–H groups in total. The highest BCUT2D eigenvalue weighted by Gasteiger charge is 2.15. The van der Waals surface area contributed by atoms with E-state index in [1.54, 1.807) is 35.3 Å². The second kappa shape index (κ2) is 9.42. The average Bonchev–Trinajstić information content (AvgIpc) is 3.48. The van der Waals surface area contributed by atoms with Crippen molar-refractivity contribution in [1.29, 1.82) is 0 Å². The summed E-state index contributed by atoms with van der Waals surface area (Å²) in [5.41, 5.74) is 3.25. The van der Waals surface area contributed by atoms with Crippen LogP contribution in [0.3, 0.4) is 0 Å². The number of anilines is 2. The van der Waals surface area contributed by atoms with Gasteiger partial charge in [-0.25, -0.2) is 9.67 Å². The molecule has 2 heterocycles. The number of hydrogen-bond acceptors (Lipinski definition) is 5. The van der Waals surface area contributed by atoms with Crippen molar-refractivity contribution in [3.63, 3.8) is 0 Å². The van der Waals surface area contributed by atoms with Gasteiger partial charge in [-0.3, -0.25) is 9.59 Å². The Morgan fingerprint density at radius 1 is 1.06 bits per heavy atom. The molecule has 1 atom stereocenters. The minimum absolute atomic E-state index is 0.132. The highest BCUT2D eigenvalue weighted by atomic mass is 16.2. The maximum Gasteiger partial charge on any atom is 0.251 e. The van der Waals surface area contributed by atoms with Crippen molar-refractivity contribution in [2.45, 2.75) is 32.2 Å². The van der Waals surface area contributed by atoms with E-state index in [1.807, 2.05) is 25.1 Å². The Kier molecular flexibility index (Phi) is 6.26. The number of carbonyl (C=O) groups is 2. The van der Waals surface area contributed by atoms with Gasteiger partial charge in [-0.2, -0.15) is 5.10 Å². The van der Waals surface area contributed by atoms with Crippen molar-refractivity contribution < 1.29 is 9.59 Å². The van der Waals surface area contributed by atoms with Gasteiger partial charge in [0.2, 0.25) is 5.91 Å². The third-order valence-corrected chi connectivity index (χ3v) is 5.28. The molecule has 0 aliphatic carbocycles. The van der Waals surface area contributed by atoms with Gasteiger partial charge >= 0.3 is 0 Å². The zero-order chi connectivity index (χ0) is 21.6. The van der Waals surface area contributed by atoms with Crippen molar-refractivity contribution in [2.75, 3.05) is 23.3 Å². The molecule has 0 radical (unpaired) electrons. The first kappa shape index (κ1) is 20.6. The Labute approximate surface area is 181 Å². The predicted octanol–water partition coefficient (Wildman–Crippen LogP) is 3.01. The second-order valence-electron chi connectivity index (χ2n) is 7.76. The van der Waals surface area contributed by atoms with Gasteiger partial charge in [-0.1, -0.05) is 6.07 Å². The zero-order valence-corrected chi connectivity index (χ0v) is 17.5. The van der Waals surface area contributed by atoms with Crippen molar-refractivity contribution in [3.05, 3.63) is 66.7 Å². The third-order valence-electron chi connectivity index (χ3n) is 5.28. The molecule has 0 saturated carbocycles. The monoisotopic (exact) mass is 418 g/mol. The smallest absolute Gasteiger partial charge is 0.251 e. The lowest BCUT2D eigenvalue weighted by atomic mass is 10.1. The molecule has 0 bridgehead atoms. The lowest BCUT2D eigenvalue weighted by molar-refractivity contribution is -0.116. The van der Waals surface area contributed by atoms with Crippen LogP contribution in [0.15, 0.2) is 61.2 Å². The van der Waals surface area contributed by atoms with Crippen molar-refractivity contribution >= 4 is 23.2 Å². The summed E-state index contributed by atoms with van der Waals surface area (Å²) in [5.74, 6) is -0.352. The van der Waals surface area contributed by atoms with Gasteiger partial charge in [0.15, 0.2) is 0 Å². The van der Waals surface area contributed by atoms with Crippen LogP contribution < -0.4 is 15.5 Å². The van der Waals surface area contributed by atoms with Crippen LogP contribution in [0.4, 0.5) is 11.4 Å². The largest absolute Gasteiger partial charge is 0.371 e. The molecule has 4 rings (SSSR count). The number of benzene rings is 2. The molecule has 31 heavy (non-hydrogen) atoms. The van der Waals surface area contributed by atoms with E-state index in [2.05, 4.69) is 31.7 Å². The maximum atomic E-state index is 12.5. The van der Waals surface area contributed by atoms with Gasteiger partial charge in [-0.15, -0.1) is 0 Å². The number of rotatable bonds is 7. The molecular weight excluding hydrogens is 392 g/mol. The average molecular weight is 419 g/mol. The van der Waals surface area contributed by atoms with Gasteiger partial charge in [0.05, 0.1) is 5.69 Å². The van der Waals surface area contributed by atoms with E-state index in [0.717, 1.165) is 30.2 Å². The Hall–Kier alpha value is -3.68. The van der Waals surface area contributed by atoms with Crippen LogP contribution in [0.2, 0.25) is 0 Å². The SMILES string of the molecule is CC(CC(=O)Nc1cccc(N2CCCC2)c1)NC(=O)c1ccc(-n2cncn2)cc1. The second-order valence-corrected chi connectivity index (χ2v) is 7.76. The van der Waals surface area contributed by atoms with E-state index in [1.165, 1.54) is 19.2 Å². The number of carbonyl (C=O) groups excluding carboxylic acids is 2. The van der Waals surface area contributed by atoms with Crippen molar-refractivity contribution in [3.8, 4) is 5.69 Å². The molecule has 2 amide bonds. The minimum atomic E-state index is -0.302. The van der Waals surface area contributed by atoms with Gasteiger partial charge in [0.25, 0.3) is 5.91 Å². The standard InChI is InChI=1S/C23H26N6O2/c1-17(26-23(31)18-7-9-20(10-8-18)29-16-24-15-25-29)13-22(30)27-19-5-4-6-21(14-19)28-11-2-3-12-28/h4-10,14-17H,2-3,11-13H2,1H3,(H,26,31)(H,27,30). The molecule has 2 aromatic carbocycles. The lowest BCUT2D eigenvalue weighted by Gasteiger charge is -2.19. The molecule has 1 aliphatic rings. The Bertz CT molecular complexity index is 1030. The summed E-state index contributed by atoms with van der Waals surface area (Å²) in [6, 6.07) is 14.7. The maximum absolute atomic E-state index is 12.5. The number of aromatic nitrogens is 3. The van der Waals surface area contributed by atoms with E-state index in [-0.39, 0.29) is 24.3 Å². The Morgan fingerprint density at radius 3 is 2.55 bits per heavy atom. The van der Waals surface area contributed by atoms with E-state index in [9.17, 15) is 9.59 Å². The summed E-state index contributed by atoms with van der Waals surface area (Å²) in [7, 11) is 0. The molecule has 160 valence electrons. The summed E-state index contributed by atoms with van der Waals surface area (Å²) in [5, 5.41) is 9.88. The van der Waals surface area contributed by atoms with Crippen LogP contribution in [0.5, 0.6) is 0 Å². The molecule has 1 aromatic heterocycles. The fraction of sp³-hybridized carbons (Fsp3) is 0.304. The van der Waals surface area contributed by atoms with Crippen LogP contribution in [-0.2, 0) is 4.79 Å². The first-order valence-corrected chi connectivity index (χ1v) is 10.5. The highest BCUT2D eigenvalue weighted by Crippen LogP contribution is 2.23. The molecule has 1 aliphatic heterocycles. The van der Waals surface area contributed by atoms with E-state index in [4.69, 9.17) is 0 Å². The quantitative estimate of drug-likeness (QED) is 0.615. The normalized spacial score (nSPS) is 14.3. The molecule has 1 unspecified atom stereocenters. The fourth-order valence-electron chi connectivity index (χ4n) is 3.71. The van der Waals surface area contributed by atoms with E-state index in [0.29, 0.717) is 5.56 Å². The Morgan fingerprint density at radius 2 is 1.84 bits per heavy atom. The predicted molar refractivity (Wildman–Crippen MR) is 119 cm³/mol. The first-order valence-electron chi connectivity index (χ1n) is 10.5. The first-order chi connectivity index (χ1) is 15.1. The van der Waals surface area contributed by atoms with Crippen LogP contribution in [0, 0.1) is 0 Å². The summed E-state index contributed by atoms with van der Waals surface area (Å²) in [6.45, 7) is 3.93. The van der Waals surface area contributed by atoms with Crippen LogP contribution >= 0.6 is 0 Å². The molecule has 3 aromatic rings. The lowest BCUT2D eigenvalue weighted by Crippen LogP contribution is -2.35. The summed E-state index contributed by atoms with van der Waals surface area (Å²) < 4.78 is 1.62. The summed E-state index contributed by atoms with van der Waals surface area (Å²) in [4.78, 5) is 31.2. The highest BCUT2D eigenvalue weighted by molar-refractivity contribution is 5.96. The van der Waals surface area contributed by atoms with Gasteiger partial charge in [0.1, 0.15) is 12.7 Å². The number of nitrogens with zero attached hydrogens (tertiary/aromatic N) is 4. The van der Waals surface area contributed by atoms with E-state index < -0.39 is 0 Å². The summed E-state index contributed by atoms with van der Waals surface area (Å²) in [6.07, 6.45) is 5.65. The van der Waals surface area contributed by atoms with Crippen LogP contribution in [0.1, 0.15) is 36.5 Å². The van der Waals surface area contributed by atoms with Gasteiger partial charge in [0, 0.05) is 42.5 Å². The number of nitrogens with one attached hydrogen (secondary N) is 2. The topological polar surface area (TPSA) is 92.2 Å². The molecule has 8 heteroatoms. The molecule has 1 fully saturated rings. The van der Waals surface area contributed by atoms with Gasteiger partial charge < -0.3 is 15.5 Å². The molecule has 8 nitrogen and oxygen atoms in total. The summed E-state index contributed by atoms with van der Waals surface area (Å²) >= 11 is 0. The minimum Gasteiger partial charge on any atom is -0.371 e. The van der Waals surface area contributed by atoms with Crippen molar-refractivity contribution in [2.24, 2.45) is 0 Å². The third kappa shape index (κ3) is 5.28. The number of hydrogen-bond donors (Lipinski definition) is 2. The molecule has 1 saturated heterocycles. The van der Waals surface area contributed by atoms with Gasteiger partial charge in [-0.05, 0) is 62.2 Å². The molecular formula is C23H26N6O2. The van der Waals surface area contributed by atoms with Crippen LogP contribution in [0.25, 0.3) is 5.69 Å². The molecule has 0 spiro atoms. The fourth-order valence-corrected chi connectivity index (χ4v) is 3.71. The van der Waals surface area contributed by atoms with E-state index >= 15 is 0 Å².